The molecule has 2 nitrogen and oxygen atoms in total. The van der Waals surface area contributed by atoms with Crippen molar-refractivity contribution in [3.63, 3.8) is 0 Å². The second-order valence-corrected chi connectivity index (χ2v) is 5.25. The Kier molecular flexibility index (Phi) is 5.05. The van der Waals surface area contributed by atoms with E-state index in [0.29, 0.717) is 5.56 Å². The smallest absolute Gasteiger partial charge is 0.194 e. The number of ether oxygens (including phenoxy) is 2. The van der Waals surface area contributed by atoms with Crippen molar-refractivity contribution in [2.75, 3.05) is 14.2 Å². The lowest BCUT2D eigenvalue weighted by atomic mass is 9.78. The van der Waals surface area contributed by atoms with Crippen molar-refractivity contribution in [1.82, 2.24) is 0 Å². The van der Waals surface area contributed by atoms with Crippen LogP contribution in [0.5, 0.6) is 0 Å². The van der Waals surface area contributed by atoms with Crippen molar-refractivity contribution in [1.29, 1.82) is 0 Å². The summed E-state index contributed by atoms with van der Waals surface area (Å²) < 4.78 is 49.9. The molecule has 0 heterocycles. The molecule has 1 saturated carbocycles. The summed E-state index contributed by atoms with van der Waals surface area (Å²) >= 11 is 0. The van der Waals surface area contributed by atoms with E-state index in [0.717, 1.165) is 37.8 Å². The lowest BCUT2D eigenvalue weighted by Crippen LogP contribution is -2.28. The summed E-state index contributed by atoms with van der Waals surface area (Å²) in [6.07, 6.45) is 3.06. The van der Waals surface area contributed by atoms with E-state index in [4.69, 9.17) is 9.47 Å². The van der Waals surface area contributed by atoms with Gasteiger partial charge in [0.1, 0.15) is 0 Å². The van der Waals surface area contributed by atoms with Crippen molar-refractivity contribution >= 4 is 0 Å². The van der Waals surface area contributed by atoms with Crippen molar-refractivity contribution < 1.29 is 22.6 Å². The molecule has 0 spiro atoms. The average molecular weight is 288 g/mol. The van der Waals surface area contributed by atoms with E-state index in [1.165, 1.54) is 0 Å². The molecule has 0 radical (unpaired) electrons. The van der Waals surface area contributed by atoms with Gasteiger partial charge in [0.25, 0.3) is 0 Å². The van der Waals surface area contributed by atoms with Gasteiger partial charge in [-0.05, 0) is 49.3 Å². The van der Waals surface area contributed by atoms with Gasteiger partial charge in [-0.25, -0.2) is 13.2 Å². The number of methoxy groups -OCH3 is 2. The third-order valence-electron chi connectivity index (χ3n) is 4.10. The Hall–Kier alpha value is -1.07. The zero-order chi connectivity index (χ0) is 14.7. The lowest BCUT2D eigenvalue weighted by molar-refractivity contribution is -0.144. The molecule has 1 aliphatic rings. The molecule has 0 aromatic heterocycles. The van der Waals surface area contributed by atoms with Gasteiger partial charge in [0.2, 0.25) is 0 Å². The van der Waals surface area contributed by atoms with Crippen molar-refractivity contribution in [3.05, 3.63) is 35.1 Å². The fourth-order valence-corrected chi connectivity index (χ4v) is 3.02. The first-order valence-corrected chi connectivity index (χ1v) is 6.76. The summed E-state index contributed by atoms with van der Waals surface area (Å²) in [6.45, 7) is 0. The van der Waals surface area contributed by atoms with Crippen molar-refractivity contribution in [2.24, 2.45) is 5.92 Å². The number of rotatable bonds is 4. The number of halogens is 3. The zero-order valence-electron chi connectivity index (χ0n) is 11.7. The molecule has 2 rings (SSSR count). The molecular weight excluding hydrogens is 269 g/mol. The maximum atomic E-state index is 13.3. The van der Waals surface area contributed by atoms with E-state index in [9.17, 15) is 13.2 Å². The van der Waals surface area contributed by atoms with E-state index in [-0.39, 0.29) is 18.1 Å². The van der Waals surface area contributed by atoms with Crippen LogP contribution in [-0.4, -0.2) is 20.5 Å². The largest absolute Gasteiger partial charge is 0.356 e. The van der Waals surface area contributed by atoms with Gasteiger partial charge in [-0.2, -0.15) is 0 Å². The molecule has 0 saturated heterocycles. The Morgan fingerprint density at radius 1 is 0.950 bits per heavy atom. The van der Waals surface area contributed by atoms with Gasteiger partial charge in [-0.1, -0.05) is 0 Å². The quantitative estimate of drug-likeness (QED) is 0.616. The number of hydrogen-bond donors (Lipinski definition) is 0. The van der Waals surface area contributed by atoms with E-state index in [1.54, 1.807) is 14.2 Å². The van der Waals surface area contributed by atoms with Crippen LogP contribution in [-0.2, 0) is 9.47 Å². The minimum absolute atomic E-state index is 0.0604. The Labute approximate surface area is 116 Å². The normalized spacial score (nSPS) is 23.3. The molecule has 0 atom stereocenters. The van der Waals surface area contributed by atoms with Crippen LogP contribution in [0.1, 0.15) is 37.2 Å². The first kappa shape index (κ1) is 15.3. The number of hydrogen-bond acceptors (Lipinski definition) is 2. The van der Waals surface area contributed by atoms with Crippen LogP contribution in [0.15, 0.2) is 12.1 Å². The standard InChI is InChI=1S/C15H19F3O2/c1-19-15(20-2)10-5-3-9(4-6-10)11-7-12(16)14(18)13(17)8-11/h7-10,15H,3-6H2,1-2H3. The van der Waals surface area contributed by atoms with Crippen LogP contribution in [0.4, 0.5) is 13.2 Å². The Morgan fingerprint density at radius 2 is 1.45 bits per heavy atom. The second kappa shape index (κ2) is 6.59. The SMILES string of the molecule is COC(OC)C1CCC(c2cc(F)c(F)c(F)c2)CC1. The van der Waals surface area contributed by atoms with Gasteiger partial charge in [0.15, 0.2) is 23.7 Å². The fourth-order valence-electron chi connectivity index (χ4n) is 3.02. The molecule has 0 unspecified atom stereocenters. The Balaban J connectivity index is 2.04. The van der Waals surface area contributed by atoms with Gasteiger partial charge in [0.05, 0.1) is 0 Å². The van der Waals surface area contributed by atoms with E-state index in [1.807, 2.05) is 0 Å². The topological polar surface area (TPSA) is 18.5 Å². The van der Waals surface area contributed by atoms with Gasteiger partial charge in [0, 0.05) is 20.1 Å². The highest BCUT2D eigenvalue weighted by Gasteiger charge is 2.29. The van der Waals surface area contributed by atoms with Crippen LogP contribution in [0.2, 0.25) is 0 Å². The maximum Gasteiger partial charge on any atom is 0.194 e. The fraction of sp³-hybridized carbons (Fsp3) is 0.600. The summed E-state index contributed by atoms with van der Waals surface area (Å²) in [4.78, 5) is 0. The van der Waals surface area contributed by atoms with Gasteiger partial charge in [-0.15, -0.1) is 0 Å². The molecule has 1 aromatic rings. The highest BCUT2D eigenvalue weighted by molar-refractivity contribution is 5.23. The molecule has 0 N–H and O–H groups in total. The lowest BCUT2D eigenvalue weighted by Gasteiger charge is -2.32. The minimum Gasteiger partial charge on any atom is -0.356 e. The van der Waals surface area contributed by atoms with Crippen LogP contribution in [0, 0.1) is 23.4 Å². The summed E-state index contributed by atoms with van der Waals surface area (Å²) in [5, 5.41) is 0. The monoisotopic (exact) mass is 288 g/mol. The third kappa shape index (κ3) is 3.15. The van der Waals surface area contributed by atoms with Crippen LogP contribution >= 0.6 is 0 Å². The van der Waals surface area contributed by atoms with E-state index in [2.05, 4.69) is 0 Å². The van der Waals surface area contributed by atoms with Gasteiger partial charge >= 0.3 is 0 Å². The molecule has 20 heavy (non-hydrogen) atoms. The Bertz CT molecular complexity index is 429. The van der Waals surface area contributed by atoms with Crippen LogP contribution < -0.4 is 0 Å². The predicted octanol–water partition coefficient (Wildman–Crippen LogP) is 4.00. The van der Waals surface area contributed by atoms with Crippen LogP contribution in [0.3, 0.4) is 0 Å². The molecular formula is C15H19F3O2. The molecule has 0 amide bonds. The zero-order valence-corrected chi connectivity index (χ0v) is 11.7. The van der Waals surface area contributed by atoms with Crippen molar-refractivity contribution in [2.45, 2.75) is 37.9 Å². The second-order valence-electron chi connectivity index (χ2n) is 5.25. The van der Waals surface area contributed by atoms with Gasteiger partial charge < -0.3 is 9.47 Å². The Morgan fingerprint density at radius 3 is 1.90 bits per heavy atom. The first-order chi connectivity index (χ1) is 9.56. The number of benzene rings is 1. The molecule has 112 valence electrons. The molecule has 1 aliphatic carbocycles. The van der Waals surface area contributed by atoms with E-state index >= 15 is 0 Å². The van der Waals surface area contributed by atoms with Crippen LogP contribution in [0.25, 0.3) is 0 Å². The maximum absolute atomic E-state index is 13.3. The third-order valence-corrected chi connectivity index (χ3v) is 4.10. The summed E-state index contributed by atoms with van der Waals surface area (Å²) in [5.41, 5.74) is 0.534. The minimum atomic E-state index is -1.40. The average Bonchev–Trinajstić information content (AvgIpc) is 2.46. The molecule has 5 heteroatoms. The molecule has 1 fully saturated rings. The predicted molar refractivity (Wildman–Crippen MR) is 68.8 cm³/mol. The summed E-state index contributed by atoms with van der Waals surface area (Å²) in [6, 6.07) is 2.21. The van der Waals surface area contributed by atoms with E-state index < -0.39 is 17.5 Å². The highest BCUT2D eigenvalue weighted by Crippen LogP contribution is 2.38. The van der Waals surface area contributed by atoms with Crippen molar-refractivity contribution in [3.8, 4) is 0 Å². The summed E-state index contributed by atoms with van der Waals surface area (Å²) in [7, 11) is 3.20. The molecule has 0 aliphatic heterocycles. The van der Waals surface area contributed by atoms with Gasteiger partial charge in [-0.3, -0.25) is 0 Å². The summed E-state index contributed by atoms with van der Waals surface area (Å²) in [5.74, 6) is -3.29. The molecule has 0 bridgehead atoms. The highest BCUT2D eigenvalue weighted by atomic mass is 19.2. The molecule has 1 aromatic carbocycles. The first-order valence-electron chi connectivity index (χ1n) is 6.76.